The van der Waals surface area contributed by atoms with Gasteiger partial charge in [0.2, 0.25) is 0 Å². The van der Waals surface area contributed by atoms with Crippen LogP contribution in [-0.2, 0) is 11.3 Å². The molecule has 5 heteroatoms. The zero-order valence-electron chi connectivity index (χ0n) is 16.3. The second-order valence-corrected chi connectivity index (χ2v) is 7.29. The fourth-order valence-corrected chi connectivity index (χ4v) is 3.30. The second-order valence-electron chi connectivity index (χ2n) is 7.29. The number of rotatable bonds is 9. The SMILES string of the molecule is Cc1cc(COC(C)C)n(-c2ccc(OCCCN3CCCC3)cc2)n1. The molecule has 1 aliphatic heterocycles. The maximum absolute atomic E-state index is 5.89. The van der Waals surface area contributed by atoms with Gasteiger partial charge in [0.05, 0.1) is 36.4 Å². The Balaban J connectivity index is 1.53. The Kier molecular flexibility index (Phi) is 6.69. The first-order valence-corrected chi connectivity index (χ1v) is 9.74. The summed E-state index contributed by atoms with van der Waals surface area (Å²) in [6.45, 7) is 11.1. The number of aryl methyl sites for hydroxylation is 1. The minimum atomic E-state index is 0.204. The van der Waals surface area contributed by atoms with Gasteiger partial charge < -0.3 is 14.4 Å². The van der Waals surface area contributed by atoms with Crippen molar-refractivity contribution in [3.63, 3.8) is 0 Å². The molecule has 0 saturated carbocycles. The predicted octanol–water partition coefficient (Wildman–Crippen LogP) is 3.97. The third-order valence-electron chi connectivity index (χ3n) is 4.64. The summed E-state index contributed by atoms with van der Waals surface area (Å²) >= 11 is 0. The number of aromatic nitrogens is 2. The number of ether oxygens (including phenoxy) is 2. The minimum absolute atomic E-state index is 0.204. The van der Waals surface area contributed by atoms with Crippen molar-refractivity contribution in [1.82, 2.24) is 14.7 Å². The van der Waals surface area contributed by atoms with Crippen molar-refractivity contribution in [1.29, 1.82) is 0 Å². The third kappa shape index (κ3) is 5.32. The highest BCUT2D eigenvalue weighted by atomic mass is 16.5. The van der Waals surface area contributed by atoms with Crippen molar-refractivity contribution in [2.75, 3.05) is 26.2 Å². The molecule has 142 valence electrons. The minimum Gasteiger partial charge on any atom is -0.494 e. The molecular weight excluding hydrogens is 326 g/mol. The lowest BCUT2D eigenvalue weighted by atomic mass is 10.3. The summed E-state index contributed by atoms with van der Waals surface area (Å²) in [5.41, 5.74) is 3.09. The van der Waals surface area contributed by atoms with Crippen LogP contribution in [0.1, 0.15) is 44.5 Å². The average Bonchev–Trinajstić information content (AvgIpc) is 3.27. The molecule has 2 heterocycles. The van der Waals surface area contributed by atoms with Crippen LogP contribution in [0.3, 0.4) is 0 Å². The molecule has 0 N–H and O–H groups in total. The van der Waals surface area contributed by atoms with Crippen molar-refractivity contribution in [2.24, 2.45) is 0 Å². The van der Waals surface area contributed by atoms with Crippen LogP contribution in [-0.4, -0.2) is 47.0 Å². The zero-order valence-corrected chi connectivity index (χ0v) is 16.3. The van der Waals surface area contributed by atoms with Crippen LogP contribution >= 0.6 is 0 Å². The van der Waals surface area contributed by atoms with Crippen LogP contribution in [0.4, 0.5) is 0 Å². The smallest absolute Gasteiger partial charge is 0.119 e. The van der Waals surface area contributed by atoms with E-state index >= 15 is 0 Å². The van der Waals surface area contributed by atoms with E-state index < -0.39 is 0 Å². The molecule has 0 bridgehead atoms. The number of hydrogen-bond acceptors (Lipinski definition) is 4. The van der Waals surface area contributed by atoms with Gasteiger partial charge in [-0.15, -0.1) is 0 Å². The monoisotopic (exact) mass is 357 g/mol. The molecule has 0 radical (unpaired) electrons. The van der Waals surface area contributed by atoms with Crippen molar-refractivity contribution >= 4 is 0 Å². The first kappa shape index (κ1) is 18.9. The van der Waals surface area contributed by atoms with E-state index in [1.54, 1.807) is 0 Å². The fraction of sp³-hybridized carbons (Fsp3) is 0.571. The normalized spacial score (nSPS) is 15.1. The predicted molar refractivity (Wildman–Crippen MR) is 104 cm³/mol. The van der Waals surface area contributed by atoms with Crippen LogP contribution in [0.25, 0.3) is 5.69 Å². The van der Waals surface area contributed by atoms with Crippen molar-refractivity contribution in [3.05, 3.63) is 41.7 Å². The maximum atomic E-state index is 5.89. The lowest BCUT2D eigenvalue weighted by molar-refractivity contribution is 0.0624. The number of benzene rings is 1. The van der Waals surface area contributed by atoms with Crippen molar-refractivity contribution in [3.8, 4) is 11.4 Å². The highest BCUT2D eigenvalue weighted by Gasteiger charge is 2.11. The van der Waals surface area contributed by atoms with E-state index in [1.165, 1.54) is 25.9 Å². The molecule has 0 unspecified atom stereocenters. The van der Waals surface area contributed by atoms with Gasteiger partial charge in [0, 0.05) is 6.54 Å². The van der Waals surface area contributed by atoms with Crippen LogP contribution in [0.2, 0.25) is 0 Å². The zero-order chi connectivity index (χ0) is 18.4. The molecule has 26 heavy (non-hydrogen) atoms. The highest BCUT2D eigenvalue weighted by Crippen LogP contribution is 2.18. The molecule has 2 aromatic rings. The summed E-state index contributed by atoms with van der Waals surface area (Å²) in [5, 5.41) is 4.60. The van der Waals surface area contributed by atoms with E-state index in [2.05, 4.69) is 28.2 Å². The van der Waals surface area contributed by atoms with Crippen LogP contribution in [0, 0.1) is 6.92 Å². The Morgan fingerprint density at radius 2 is 1.85 bits per heavy atom. The van der Waals surface area contributed by atoms with Gasteiger partial charge in [-0.1, -0.05) is 0 Å². The van der Waals surface area contributed by atoms with Gasteiger partial charge in [-0.3, -0.25) is 0 Å². The highest BCUT2D eigenvalue weighted by molar-refractivity contribution is 5.38. The standard InChI is InChI=1S/C21H31N3O2/c1-17(2)26-16-20-15-18(3)22-24(20)19-7-9-21(10-8-19)25-14-6-13-23-11-4-5-12-23/h7-10,15,17H,4-6,11-14,16H2,1-3H3. The van der Waals surface area contributed by atoms with Gasteiger partial charge in [0.15, 0.2) is 0 Å². The van der Waals surface area contributed by atoms with Crippen LogP contribution in [0.5, 0.6) is 5.75 Å². The summed E-state index contributed by atoms with van der Waals surface area (Å²) in [6.07, 6.45) is 3.98. The van der Waals surface area contributed by atoms with Gasteiger partial charge in [0.1, 0.15) is 5.75 Å². The number of likely N-dealkylation sites (tertiary alicyclic amines) is 1. The summed E-state index contributed by atoms with van der Waals surface area (Å²) < 4.78 is 13.6. The maximum Gasteiger partial charge on any atom is 0.119 e. The largest absolute Gasteiger partial charge is 0.494 e. The Morgan fingerprint density at radius 1 is 1.12 bits per heavy atom. The van der Waals surface area contributed by atoms with E-state index in [4.69, 9.17) is 9.47 Å². The Labute approximate surface area is 156 Å². The molecule has 1 saturated heterocycles. The Hall–Kier alpha value is -1.85. The van der Waals surface area contributed by atoms with E-state index in [-0.39, 0.29) is 6.10 Å². The fourth-order valence-electron chi connectivity index (χ4n) is 3.30. The quantitative estimate of drug-likeness (QED) is 0.637. The molecule has 5 nitrogen and oxygen atoms in total. The Morgan fingerprint density at radius 3 is 2.54 bits per heavy atom. The van der Waals surface area contributed by atoms with Gasteiger partial charge in [-0.05, 0) is 83.5 Å². The number of hydrogen-bond donors (Lipinski definition) is 0. The topological polar surface area (TPSA) is 39.5 Å². The molecule has 0 spiro atoms. The molecule has 0 amide bonds. The second kappa shape index (κ2) is 9.19. The molecule has 3 rings (SSSR count). The molecule has 1 aromatic heterocycles. The van der Waals surface area contributed by atoms with E-state index in [9.17, 15) is 0 Å². The molecule has 1 fully saturated rings. The van der Waals surface area contributed by atoms with Gasteiger partial charge in [-0.2, -0.15) is 5.10 Å². The van der Waals surface area contributed by atoms with E-state index in [0.717, 1.165) is 42.4 Å². The van der Waals surface area contributed by atoms with Crippen LogP contribution in [0.15, 0.2) is 30.3 Å². The molecule has 1 aliphatic rings. The summed E-state index contributed by atoms with van der Waals surface area (Å²) in [4.78, 5) is 2.52. The summed E-state index contributed by atoms with van der Waals surface area (Å²) in [6, 6.07) is 10.2. The van der Waals surface area contributed by atoms with Crippen molar-refractivity contribution < 1.29 is 9.47 Å². The van der Waals surface area contributed by atoms with Gasteiger partial charge in [-0.25, -0.2) is 4.68 Å². The lowest BCUT2D eigenvalue weighted by Gasteiger charge is -2.14. The summed E-state index contributed by atoms with van der Waals surface area (Å²) in [7, 11) is 0. The van der Waals surface area contributed by atoms with E-state index in [1.807, 2.05) is 37.6 Å². The lowest BCUT2D eigenvalue weighted by Crippen LogP contribution is -2.21. The first-order chi connectivity index (χ1) is 12.6. The van der Waals surface area contributed by atoms with E-state index in [0.29, 0.717) is 6.61 Å². The molecule has 0 atom stereocenters. The van der Waals surface area contributed by atoms with Gasteiger partial charge >= 0.3 is 0 Å². The molecular formula is C21H31N3O2. The molecule has 1 aromatic carbocycles. The van der Waals surface area contributed by atoms with Crippen molar-refractivity contribution in [2.45, 2.75) is 52.7 Å². The summed E-state index contributed by atoms with van der Waals surface area (Å²) in [5.74, 6) is 0.916. The number of nitrogens with zero attached hydrogens (tertiary/aromatic N) is 3. The van der Waals surface area contributed by atoms with Gasteiger partial charge in [0.25, 0.3) is 0 Å². The third-order valence-corrected chi connectivity index (χ3v) is 4.64. The Bertz CT molecular complexity index is 673. The first-order valence-electron chi connectivity index (χ1n) is 9.74. The molecule has 0 aliphatic carbocycles. The average molecular weight is 357 g/mol. The van der Waals surface area contributed by atoms with Crippen LogP contribution < -0.4 is 4.74 Å².